The number of hydrogen-bond acceptors (Lipinski definition) is 8. The zero-order valence-electron chi connectivity index (χ0n) is 40.2. The van der Waals surface area contributed by atoms with E-state index in [0.717, 1.165) is 65.3 Å². The Kier molecular flexibility index (Phi) is 12.2. The van der Waals surface area contributed by atoms with Crippen LogP contribution in [-0.4, -0.2) is 14.2 Å². The third-order valence-corrected chi connectivity index (χ3v) is 14.9. The summed E-state index contributed by atoms with van der Waals surface area (Å²) < 4.78 is 55.7. The second-order valence-electron chi connectivity index (χ2n) is 18.5. The van der Waals surface area contributed by atoms with Crippen molar-refractivity contribution >= 4 is 81.9 Å². The minimum absolute atomic E-state index is 0.00234. The van der Waals surface area contributed by atoms with E-state index < -0.39 is 16.5 Å². The highest BCUT2D eigenvalue weighted by atomic mass is 31.1. The topological polar surface area (TPSA) is 89.5 Å². The lowest BCUT2D eigenvalue weighted by Gasteiger charge is -2.28. The number of fused-ring (bicyclic) bond motifs is 10. The summed E-state index contributed by atoms with van der Waals surface area (Å²) in [6, 6.07) is 45.4. The van der Waals surface area contributed by atoms with Crippen LogP contribution in [0.1, 0.15) is 101 Å². The van der Waals surface area contributed by atoms with Crippen LogP contribution in [0.4, 0.5) is 0 Å². The second kappa shape index (κ2) is 18.4. The fourth-order valence-electron chi connectivity index (χ4n) is 9.48. The van der Waals surface area contributed by atoms with Crippen LogP contribution in [0.25, 0.3) is 76.5 Å². The molecule has 0 saturated carbocycles. The standard InChI is InChI=1S/C58H56O8P2/c1-33(2)43-31-45(35(5)6)57(65-67-61-47-25-17-15-23-41(47)42-24-16-18-26-48(42)62-67)53(55(43)59-9)54-56(60-10)44(34(3)4)32-46(36(7)8)58(54)66-68-63-49-29-27-37-19-11-13-21-39(37)51(49)52-40-22-14-12-20-38(40)28-30-50(52)64-68/h11-36H,1-10H3. The summed E-state index contributed by atoms with van der Waals surface area (Å²) in [4.78, 5) is 0. The number of ether oxygens (including phenoxy) is 2. The van der Waals surface area contributed by atoms with Gasteiger partial charge in [0.15, 0.2) is 11.5 Å². The molecule has 0 aliphatic rings. The summed E-state index contributed by atoms with van der Waals surface area (Å²) in [5.74, 6) is 2.47. The van der Waals surface area contributed by atoms with E-state index in [2.05, 4.69) is 128 Å². The van der Waals surface area contributed by atoms with E-state index >= 15 is 0 Å². The molecular weight excluding hydrogens is 887 g/mol. The van der Waals surface area contributed by atoms with Gasteiger partial charge in [-0.25, -0.2) is 0 Å². The molecule has 0 amide bonds. The summed E-state index contributed by atoms with van der Waals surface area (Å²) in [5, 5.41) is 8.07. The van der Waals surface area contributed by atoms with Gasteiger partial charge in [0.25, 0.3) is 0 Å². The highest BCUT2D eigenvalue weighted by molar-refractivity contribution is 7.32. The van der Waals surface area contributed by atoms with Crippen molar-refractivity contribution in [2.45, 2.75) is 79.1 Å². The zero-order valence-corrected chi connectivity index (χ0v) is 42.0. The highest BCUT2D eigenvalue weighted by Crippen LogP contribution is 2.59. The van der Waals surface area contributed by atoms with Crippen molar-refractivity contribution in [1.82, 2.24) is 0 Å². The van der Waals surface area contributed by atoms with Gasteiger partial charge in [0.05, 0.1) is 25.3 Å². The molecule has 0 N–H and O–H groups in total. The van der Waals surface area contributed by atoms with E-state index in [-0.39, 0.29) is 23.7 Å². The molecule has 346 valence electrons. The van der Waals surface area contributed by atoms with Gasteiger partial charge in [-0.3, -0.25) is 0 Å². The summed E-state index contributed by atoms with van der Waals surface area (Å²) in [5.41, 5.74) is 7.92. The smallest absolute Gasteiger partial charge is 0.453 e. The van der Waals surface area contributed by atoms with Crippen LogP contribution in [0, 0.1) is 0 Å². The van der Waals surface area contributed by atoms with Gasteiger partial charge in [0.2, 0.25) is 0 Å². The van der Waals surface area contributed by atoms with Crippen molar-refractivity contribution in [3.63, 3.8) is 0 Å². The molecule has 0 aliphatic carbocycles. The molecule has 8 aromatic carbocycles. The Hall–Kier alpha value is -6.72. The van der Waals surface area contributed by atoms with Gasteiger partial charge in [-0.2, -0.15) is 0 Å². The molecule has 10 rings (SSSR count). The predicted molar refractivity (Wildman–Crippen MR) is 281 cm³/mol. The third-order valence-electron chi connectivity index (χ3n) is 12.8. The van der Waals surface area contributed by atoms with Crippen molar-refractivity contribution in [3.8, 4) is 34.1 Å². The van der Waals surface area contributed by atoms with E-state index in [4.69, 9.17) is 35.3 Å². The highest BCUT2D eigenvalue weighted by Gasteiger charge is 2.34. The van der Waals surface area contributed by atoms with Crippen LogP contribution in [-0.2, 0) is 0 Å². The maximum absolute atomic E-state index is 7.46. The fraction of sp³-hybridized carbons (Fsp3) is 0.241. The average molecular weight is 943 g/mol. The van der Waals surface area contributed by atoms with Crippen LogP contribution >= 0.6 is 16.5 Å². The lowest BCUT2D eigenvalue weighted by molar-refractivity contribution is 0.397. The third kappa shape index (κ3) is 7.94. The number of para-hydroxylation sites is 2. The molecule has 2 aromatic heterocycles. The van der Waals surface area contributed by atoms with Crippen molar-refractivity contribution < 1.29 is 35.3 Å². The first-order valence-electron chi connectivity index (χ1n) is 23.4. The van der Waals surface area contributed by atoms with Crippen molar-refractivity contribution in [1.29, 1.82) is 0 Å². The molecule has 0 aliphatic heterocycles. The molecule has 0 bridgehead atoms. The molecular formula is C58H56O8P2. The van der Waals surface area contributed by atoms with Crippen LogP contribution in [0.3, 0.4) is 0 Å². The zero-order chi connectivity index (χ0) is 47.4. The van der Waals surface area contributed by atoms with Crippen molar-refractivity contribution in [2.24, 2.45) is 0 Å². The minimum atomic E-state index is -2.17. The first kappa shape index (κ1) is 45.1. The fourth-order valence-corrected chi connectivity index (χ4v) is 11.7. The van der Waals surface area contributed by atoms with Crippen LogP contribution < -0.4 is 18.5 Å². The molecule has 0 unspecified atom stereocenters. The van der Waals surface area contributed by atoms with E-state index in [1.165, 1.54) is 0 Å². The van der Waals surface area contributed by atoms with Gasteiger partial charge in [-0.15, -0.1) is 0 Å². The molecule has 10 aromatic rings. The Labute approximate surface area is 398 Å². The van der Waals surface area contributed by atoms with E-state index in [9.17, 15) is 0 Å². The first-order chi connectivity index (χ1) is 32.9. The van der Waals surface area contributed by atoms with Crippen LogP contribution in [0.5, 0.6) is 23.0 Å². The number of methoxy groups -OCH3 is 2. The average Bonchev–Trinajstić information content (AvgIpc) is 3.60. The predicted octanol–water partition coefficient (Wildman–Crippen LogP) is 19.1. The first-order valence-corrected chi connectivity index (χ1v) is 25.5. The maximum atomic E-state index is 7.46. The largest absolute Gasteiger partial charge is 0.496 e. The molecule has 0 spiro atoms. The monoisotopic (exact) mass is 942 g/mol. The molecule has 8 nitrogen and oxygen atoms in total. The molecule has 2 heterocycles. The summed E-state index contributed by atoms with van der Waals surface area (Å²) >= 11 is 0. The lowest BCUT2D eigenvalue weighted by Crippen LogP contribution is -2.08. The Morgan fingerprint density at radius 2 is 0.676 bits per heavy atom. The Balaban J connectivity index is 1.33. The van der Waals surface area contributed by atoms with Crippen LogP contribution in [0.2, 0.25) is 0 Å². The Morgan fingerprint density at radius 1 is 0.353 bits per heavy atom. The van der Waals surface area contributed by atoms with E-state index in [0.29, 0.717) is 56.5 Å². The van der Waals surface area contributed by atoms with Gasteiger partial charge in [0.1, 0.15) is 33.8 Å². The van der Waals surface area contributed by atoms with Gasteiger partial charge >= 0.3 is 16.5 Å². The second-order valence-corrected chi connectivity index (χ2v) is 20.5. The van der Waals surface area contributed by atoms with Gasteiger partial charge in [-0.1, -0.05) is 152 Å². The molecule has 0 radical (unpaired) electrons. The maximum Gasteiger partial charge on any atom is 0.453 e. The number of rotatable bonds is 11. The summed E-state index contributed by atoms with van der Waals surface area (Å²) in [6.07, 6.45) is 0. The van der Waals surface area contributed by atoms with Gasteiger partial charge < -0.3 is 35.3 Å². The SMILES string of the molecule is COc1c(C(C)C)cc(C(C)C)c(Op2oc3ccccc3c3ccccc3o2)c1-c1c(OC)c(C(C)C)cc(C(C)C)c1Op1oc2ccc3ccccc3c2c2c(ccc3ccccc32)o1. The van der Waals surface area contributed by atoms with E-state index in [1.807, 2.05) is 60.7 Å². The molecule has 0 saturated heterocycles. The van der Waals surface area contributed by atoms with Crippen molar-refractivity contribution in [3.05, 3.63) is 156 Å². The molecule has 68 heavy (non-hydrogen) atoms. The quantitative estimate of drug-likeness (QED) is 0.127. The van der Waals surface area contributed by atoms with E-state index in [1.54, 1.807) is 14.2 Å². The van der Waals surface area contributed by atoms with Gasteiger partial charge in [0, 0.05) is 21.5 Å². The molecule has 0 fully saturated rings. The normalized spacial score (nSPS) is 11.9. The number of hydrogen-bond donors (Lipinski definition) is 0. The Morgan fingerprint density at radius 3 is 1.04 bits per heavy atom. The summed E-state index contributed by atoms with van der Waals surface area (Å²) in [6.45, 7) is 17.4. The van der Waals surface area contributed by atoms with Crippen LogP contribution in [0.15, 0.2) is 150 Å². The molecule has 0 atom stereocenters. The van der Waals surface area contributed by atoms with Gasteiger partial charge in [-0.05, 0) is 104 Å². The van der Waals surface area contributed by atoms with Crippen molar-refractivity contribution in [2.75, 3.05) is 14.2 Å². The lowest BCUT2D eigenvalue weighted by atomic mass is 9.84. The summed E-state index contributed by atoms with van der Waals surface area (Å²) in [7, 11) is -0.833. The molecule has 10 heteroatoms. The number of benzene rings is 8. The Bertz CT molecular complexity index is 3480. The minimum Gasteiger partial charge on any atom is -0.496 e.